The molecule has 0 saturated heterocycles. The van der Waals surface area contributed by atoms with Crippen LogP contribution in [0, 0.1) is 0 Å². The topological polar surface area (TPSA) is 61.4 Å². The van der Waals surface area contributed by atoms with Gasteiger partial charge in [0.15, 0.2) is 0 Å². The lowest BCUT2D eigenvalue weighted by molar-refractivity contribution is -0.0461. The van der Waals surface area contributed by atoms with E-state index >= 15 is 0 Å². The summed E-state index contributed by atoms with van der Waals surface area (Å²) in [4.78, 5) is 11.8. The molecule has 0 unspecified atom stereocenters. The Morgan fingerprint density at radius 2 is 2.00 bits per heavy atom. The zero-order valence-electron chi connectivity index (χ0n) is 10.9. The molecule has 106 valence electrons. The molecule has 1 aromatic rings. The van der Waals surface area contributed by atoms with Gasteiger partial charge in [0.05, 0.1) is 12.1 Å². The fourth-order valence-corrected chi connectivity index (χ4v) is 1.48. The average molecular weight is 272 g/mol. The SMILES string of the molecule is CC(C)Nc1ccccc1C(=O)NCC(F)(F)CO. The fraction of sp³-hybridized carbons (Fsp3) is 0.462. The highest BCUT2D eigenvalue weighted by molar-refractivity contribution is 5.99. The summed E-state index contributed by atoms with van der Waals surface area (Å²) in [7, 11) is 0. The van der Waals surface area contributed by atoms with Gasteiger partial charge in [0.1, 0.15) is 6.61 Å². The first kappa shape index (κ1) is 15.4. The second-order valence-electron chi connectivity index (χ2n) is 4.54. The van der Waals surface area contributed by atoms with Crippen molar-refractivity contribution in [1.82, 2.24) is 5.32 Å². The van der Waals surface area contributed by atoms with Crippen LogP contribution in [0.1, 0.15) is 24.2 Å². The molecular weight excluding hydrogens is 254 g/mol. The molecule has 0 aliphatic heterocycles. The van der Waals surface area contributed by atoms with E-state index in [1.165, 1.54) is 0 Å². The van der Waals surface area contributed by atoms with Crippen molar-refractivity contribution in [1.29, 1.82) is 0 Å². The third-order valence-electron chi connectivity index (χ3n) is 2.35. The Balaban J connectivity index is 2.77. The highest BCUT2D eigenvalue weighted by atomic mass is 19.3. The number of amides is 1. The molecule has 0 heterocycles. The zero-order valence-corrected chi connectivity index (χ0v) is 10.9. The summed E-state index contributed by atoms with van der Waals surface area (Å²) in [5.74, 6) is -3.91. The maximum atomic E-state index is 12.9. The lowest BCUT2D eigenvalue weighted by atomic mass is 10.1. The lowest BCUT2D eigenvalue weighted by Gasteiger charge is -2.17. The lowest BCUT2D eigenvalue weighted by Crippen LogP contribution is -2.39. The molecule has 0 bridgehead atoms. The molecule has 0 atom stereocenters. The van der Waals surface area contributed by atoms with Crippen molar-refractivity contribution in [3.63, 3.8) is 0 Å². The number of anilines is 1. The highest BCUT2D eigenvalue weighted by Crippen LogP contribution is 2.17. The number of alkyl halides is 2. The maximum Gasteiger partial charge on any atom is 0.287 e. The number of hydrogen-bond donors (Lipinski definition) is 3. The summed E-state index contributed by atoms with van der Waals surface area (Å²) in [5.41, 5.74) is 0.882. The third kappa shape index (κ3) is 4.82. The van der Waals surface area contributed by atoms with Crippen LogP contribution in [0.2, 0.25) is 0 Å². The minimum absolute atomic E-state index is 0.118. The summed E-state index contributed by atoms with van der Waals surface area (Å²) in [6.07, 6.45) is 0. The van der Waals surface area contributed by atoms with Crippen LogP contribution < -0.4 is 10.6 Å². The van der Waals surface area contributed by atoms with Gasteiger partial charge >= 0.3 is 0 Å². The molecule has 0 saturated carbocycles. The summed E-state index contributed by atoms with van der Waals surface area (Å²) in [6, 6.07) is 6.79. The normalized spacial score (nSPS) is 11.5. The fourth-order valence-electron chi connectivity index (χ4n) is 1.48. The Kier molecular flexibility index (Phi) is 5.23. The standard InChI is InChI=1S/C13H18F2N2O2/c1-9(2)17-11-6-4-3-5-10(11)12(19)16-7-13(14,15)8-18/h3-6,9,17-18H,7-8H2,1-2H3,(H,16,19). The Hall–Kier alpha value is -1.69. The van der Waals surface area contributed by atoms with Gasteiger partial charge in [-0.15, -0.1) is 0 Å². The molecule has 0 aromatic heterocycles. The second-order valence-corrected chi connectivity index (χ2v) is 4.54. The number of para-hydroxylation sites is 1. The number of carbonyl (C=O) groups is 1. The number of halogens is 2. The van der Waals surface area contributed by atoms with Gasteiger partial charge in [-0.1, -0.05) is 12.1 Å². The maximum absolute atomic E-state index is 12.9. The van der Waals surface area contributed by atoms with E-state index in [0.29, 0.717) is 11.3 Å². The molecule has 0 aliphatic carbocycles. The number of nitrogens with one attached hydrogen (secondary N) is 2. The van der Waals surface area contributed by atoms with Crippen molar-refractivity contribution in [2.45, 2.75) is 25.8 Å². The van der Waals surface area contributed by atoms with Crippen LogP contribution in [0.5, 0.6) is 0 Å². The summed E-state index contributed by atoms with van der Waals surface area (Å²) in [5, 5.41) is 13.6. The number of carbonyl (C=O) groups excluding carboxylic acids is 1. The monoisotopic (exact) mass is 272 g/mol. The average Bonchev–Trinajstić information content (AvgIpc) is 2.36. The Bertz CT molecular complexity index is 436. The number of aliphatic hydroxyl groups is 1. The second kappa shape index (κ2) is 6.47. The number of hydrogen-bond acceptors (Lipinski definition) is 3. The van der Waals surface area contributed by atoms with Gasteiger partial charge < -0.3 is 15.7 Å². The Morgan fingerprint density at radius 1 is 1.37 bits per heavy atom. The van der Waals surface area contributed by atoms with Crippen molar-refractivity contribution in [3.8, 4) is 0 Å². The summed E-state index contributed by atoms with van der Waals surface area (Å²) in [6.45, 7) is 1.64. The van der Waals surface area contributed by atoms with Crippen LogP contribution in [0.15, 0.2) is 24.3 Å². The van der Waals surface area contributed by atoms with Crippen LogP contribution in [-0.2, 0) is 0 Å². The molecule has 0 aliphatic rings. The van der Waals surface area contributed by atoms with Gasteiger partial charge in [-0.25, -0.2) is 8.78 Å². The van der Waals surface area contributed by atoms with E-state index in [9.17, 15) is 13.6 Å². The van der Waals surface area contributed by atoms with Crippen LogP contribution in [0.4, 0.5) is 14.5 Å². The molecule has 1 amide bonds. The van der Waals surface area contributed by atoms with E-state index in [2.05, 4.69) is 10.6 Å². The Morgan fingerprint density at radius 3 is 2.58 bits per heavy atom. The van der Waals surface area contributed by atoms with Crippen molar-refractivity contribution >= 4 is 11.6 Å². The number of aliphatic hydroxyl groups excluding tert-OH is 1. The van der Waals surface area contributed by atoms with E-state index in [1.54, 1.807) is 24.3 Å². The molecule has 0 spiro atoms. The van der Waals surface area contributed by atoms with E-state index in [1.807, 2.05) is 13.8 Å². The zero-order chi connectivity index (χ0) is 14.5. The molecule has 3 N–H and O–H groups in total. The van der Waals surface area contributed by atoms with Crippen molar-refractivity contribution in [2.24, 2.45) is 0 Å². The van der Waals surface area contributed by atoms with Crippen LogP contribution in [0.25, 0.3) is 0 Å². The predicted molar refractivity (Wildman–Crippen MR) is 69.6 cm³/mol. The van der Waals surface area contributed by atoms with Crippen molar-refractivity contribution in [2.75, 3.05) is 18.5 Å². The summed E-state index contributed by atoms with van der Waals surface area (Å²) < 4.78 is 25.7. The first-order chi connectivity index (χ1) is 8.85. The molecule has 6 heteroatoms. The van der Waals surface area contributed by atoms with Gasteiger partial charge in [0.2, 0.25) is 0 Å². The van der Waals surface area contributed by atoms with E-state index < -0.39 is 25.0 Å². The largest absolute Gasteiger partial charge is 0.390 e. The molecule has 0 fully saturated rings. The van der Waals surface area contributed by atoms with Crippen molar-refractivity contribution < 1.29 is 18.7 Å². The predicted octanol–water partition coefficient (Wildman–Crippen LogP) is 1.86. The molecule has 1 aromatic carbocycles. The summed E-state index contributed by atoms with van der Waals surface area (Å²) >= 11 is 0. The molecular formula is C13H18F2N2O2. The van der Waals surface area contributed by atoms with Gasteiger partial charge in [0, 0.05) is 11.7 Å². The van der Waals surface area contributed by atoms with Gasteiger partial charge in [-0.05, 0) is 26.0 Å². The van der Waals surface area contributed by atoms with E-state index in [-0.39, 0.29) is 6.04 Å². The number of rotatable bonds is 6. The minimum Gasteiger partial charge on any atom is -0.390 e. The van der Waals surface area contributed by atoms with Gasteiger partial charge in [-0.3, -0.25) is 4.79 Å². The molecule has 19 heavy (non-hydrogen) atoms. The first-order valence-corrected chi connectivity index (χ1v) is 5.98. The van der Waals surface area contributed by atoms with E-state index in [0.717, 1.165) is 0 Å². The Labute approximate surface area is 110 Å². The van der Waals surface area contributed by atoms with Crippen molar-refractivity contribution in [3.05, 3.63) is 29.8 Å². The molecule has 0 radical (unpaired) electrons. The highest BCUT2D eigenvalue weighted by Gasteiger charge is 2.28. The minimum atomic E-state index is -3.31. The van der Waals surface area contributed by atoms with Crippen LogP contribution >= 0.6 is 0 Å². The molecule has 1 rings (SSSR count). The van der Waals surface area contributed by atoms with Gasteiger partial charge in [0.25, 0.3) is 11.8 Å². The van der Waals surface area contributed by atoms with Gasteiger partial charge in [-0.2, -0.15) is 0 Å². The number of benzene rings is 1. The molecule has 4 nitrogen and oxygen atoms in total. The van der Waals surface area contributed by atoms with E-state index in [4.69, 9.17) is 5.11 Å². The van der Waals surface area contributed by atoms with Crippen LogP contribution in [0.3, 0.4) is 0 Å². The third-order valence-corrected chi connectivity index (χ3v) is 2.35. The smallest absolute Gasteiger partial charge is 0.287 e. The first-order valence-electron chi connectivity index (χ1n) is 5.98. The quantitative estimate of drug-likeness (QED) is 0.741. The van der Waals surface area contributed by atoms with Crippen LogP contribution in [-0.4, -0.2) is 36.1 Å².